The maximum Gasteiger partial charge on any atom is 0.288 e. The summed E-state index contributed by atoms with van der Waals surface area (Å²) in [6, 6.07) is 3.23. The average molecular weight is 257 g/mol. The molecular formula is C8H7N3O5S. The van der Waals surface area contributed by atoms with E-state index < -0.39 is 25.5 Å². The molecule has 1 aromatic carbocycles. The lowest BCUT2D eigenvalue weighted by Crippen LogP contribution is -2.14. The van der Waals surface area contributed by atoms with Crippen LogP contribution in [0.3, 0.4) is 0 Å². The number of primary sulfonamides is 1. The Hall–Kier alpha value is -2.18. The Morgan fingerprint density at radius 1 is 1.53 bits per heavy atom. The maximum absolute atomic E-state index is 11.2. The SMILES string of the molecule is COc1cc(C#N)c([N+](=O)[O-])cc1S(N)(=O)=O. The van der Waals surface area contributed by atoms with Crippen molar-refractivity contribution in [3.8, 4) is 11.8 Å². The Morgan fingerprint density at radius 2 is 2.12 bits per heavy atom. The van der Waals surface area contributed by atoms with Crippen LogP contribution in [0.25, 0.3) is 0 Å². The first-order valence-electron chi connectivity index (χ1n) is 4.10. The van der Waals surface area contributed by atoms with Gasteiger partial charge in [-0.1, -0.05) is 0 Å². The van der Waals surface area contributed by atoms with E-state index in [1.165, 1.54) is 0 Å². The van der Waals surface area contributed by atoms with Crippen LogP contribution in [0.15, 0.2) is 17.0 Å². The minimum atomic E-state index is -4.17. The van der Waals surface area contributed by atoms with Gasteiger partial charge in [0.2, 0.25) is 10.0 Å². The molecule has 1 aromatic rings. The fourth-order valence-electron chi connectivity index (χ4n) is 1.17. The summed E-state index contributed by atoms with van der Waals surface area (Å²) in [5.41, 5.74) is -0.948. The standard InChI is InChI=1S/C8H7N3O5S/c1-16-7-2-5(4-9)6(11(12)13)3-8(7)17(10,14)15/h2-3H,1H3,(H2,10,14,15). The van der Waals surface area contributed by atoms with Gasteiger partial charge in [0.25, 0.3) is 5.69 Å². The lowest BCUT2D eigenvalue weighted by Gasteiger charge is -2.06. The van der Waals surface area contributed by atoms with Crippen LogP contribution in [0.5, 0.6) is 5.75 Å². The van der Waals surface area contributed by atoms with E-state index in [0.29, 0.717) is 6.07 Å². The van der Waals surface area contributed by atoms with Crippen LogP contribution in [-0.2, 0) is 10.0 Å². The van der Waals surface area contributed by atoms with Gasteiger partial charge in [-0.05, 0) is 0 Å². The van der Waals surface area contributed by atoms with Gasteiger partial charge >= 0.3 is 0 Å². The van der Waals surface area contributed by atoms with Gasteiger partial charge in [-0.3, -0.25) is 10.1 Å². The van der Waals surface area contributed by atoms with Crippen LogP contribution in [0.1, 0.15) is 5.56 Å². The predicted molar refractivity (Wildman–Crippen MR) is 55.7 cm³/mol. The number of nitro benzene ring substituents is 1. The molecule has 17 heavy (non-hydrogen) atoms. The summed E-state index contributed by atoms with van der Waals surface area (Å²) in [6.07, 6.45) is 0. The number of nitro groups is 1. The zero-order valence-corrected chi connectivity index (χ0v) is 9.39. The Balaban J connectivity index is 3.70. The monoisotopic (exact) mass is 257 g/mol. The van der Waals surface area contributed by atoms with Crippen LogP contribution in [-0.4, -0.2) is 20.5 Å². The van der Waals surface area contributed by atoms with Crippen molar-refractivity contribution in [1.29, 1.82) is 5.26 Å². The summed E-state index contributed by atoms with van der Waals surface area (Å²) in [4.78, 5) is 9.23. The van der Waals surface area contributed by atoms with E-state index in [1.54, 1.807) is 6.07 Å². The molecule has 1 rings (SSSR count). The van der Waals surface area contributed by atoms with Crippen molar-refractivity contribution in [2.45, 2.75) is 4.90 Å². The van der Waals surface area contributed by atoms with Gasteiger partial charge in [-0.2, -0.15) is 5.26 Å². The van der Waals surface area contributed by atoms with Crippen molar-refractivity contribution >= 4 is 15.7 Å². The van der Waals surface area contributed by atoms with Crippen LogP contribution in [0, 0.1) is 21.4 Å². The Kier molecular flexibility index (Phi) is 3.31. The zero-order valence-electron chi connectivity index (χ0n) is 8.58. The molecule has 0 radical (unpaired) electrons. The molecule has 0 fully saturated rings. The fourth-order valence-corrected chi connectivity index (χ4v) is 1.87. The molecule has 2 N–H and O–H groups in total. The third-order valence-electron chi connectivity index (χ3n) is 1.91. The first-order valence-corrected chi connectivity index (χ1v) is 5.65. The molecule has 0 atom stereocenters. The van der Waals surface area contributed by atoms with Crippen molar-refractivity contribution in [3.05, 3.63) is 27.8 Å². The molecule has 0 aliphatic carbocycles. The molecule has 0 bridgehead atoms. The van der Waals surface area contributed by atoms with Gasteiger partial charge in [-0.15, -0.1) is 0 Å². The lowest BCUT2D eigenvalue weighted by atomic mass is 10.2. The number of nitrogens with two attached hydrogens (primary N) is 1. The number of nitrogens with zero attached hydrogens (tertiary/aromatic N) is 2. The number of hydrogen-bond donors (Lipinski definition) is 1. The summed E-state index contributed by atoms with van der Waals surface area (Å²) >= 11 is 0. The van der Waals surface area contributed by atoms with Crippen molar-refractivity contribution in [2.75, 3.05) is 7.11 Å². The van der Waals surface area contributed by atoms with Gasteiger partial charge in [0, 0.05) is 12.1 Å². The Bertz CT molecular complexity index is 617. The lowest BCUT2D eigenvalue weighted by molar-refractivity contribution is -0.385. The molecule has 0 saturated heterocycles. The first-order chi connectivity index (χ1) is 7.81. The molecule has 90 valence electrons. The molecule has 0 aliphatic rings. The fraction of sp³-hybridized carbons (Fsp3) is 0.125. The number of sulfonamides is 1. The van der Waals surface area contributed by atoms with E-state index in [9.17, 15) is 18.5 Å². The minimum Gasteiger partial charge on any atom is -0.495 e. The number of methoxy groups -OCH3 is 1. The van der Waals surface area contributed by atoms with E-state index in [2.05, 4.69) is 0 Å². The Labute approximate surface area is 96.4 Å². The maximum atomic E-state index is 11.2. The number of nitriles is 1. The molecular weight excluding hydrogens is 250 g/mol. The number of rotatable bonds is 3. The van der Waals surface area contributed by atoms with Gasteiger partial charge in [0.05, 0.1) is 12.0 Å². The van der Waals surface area contributed by atoms with Crippen LogP contribution in [0.2, 0.25) is 0 Å². The topological polar surface area (TPSA) is 136 Å². The van der Waals surface area contributed by atoms with Crippen LogP contribution in [0.4, 0.5) is 5.69 Å². The van der Waals surface area contributed by atoms with E-state index in [1.807, 2.05) is 0 Å². The van der Waals surface area contributed by atoms with Gasteiger partial charge in [-0.25, -0.2) is 13.6 Å². The Morgan fingerprint density at radius 3 is 2.47 bits per heavy atom. The highest BCUT2D eigenvalue weighted by molar-refractivity contribution is 7.89. The summed E-state index contributed by atoms with van der Waals surface area (Å²) < 4.78 is 27.1. The normalized spacial score (nSPS) is 10.6. The smallest absolute Gasteiger partial charge is 0.288 e. The molecule has 0 saturated carbocycles. The highest BCUT2D eigenvalue weighted by atomic mass is 32.2. The molecule has 8 nitrogen and oxygen atoms in total. The van der Waals surface area contributed by atoms with E-state index >= 15 is 0 Å². The molecule has 0 amide bonds. The first kappa shape index (κ1) is 12.9. The average Bonchev–Trinajstić information content (AvgIpc) is 2.25. The summed E-state index contributed by atoms with van der Waals surface area (Å²) in [5.74, 6) is -0.213. The second-order valence-electron chi connectivity index (χ2n) is 2.93. The molecule has 0 heterocycles. The summed E-state index contributed by atoms with van der Waals surface area (Å²) in [6.45, 7) is 0. The quantitative estimate of drug-likeness (QED) is 0.603. The second kappa shape index (κ2) is 4.36. The van der Waals surface area contributed by atoms with E-state index in [4.69, 9.17) is 15.1 Å². The zero-order chi connectivity index (χ0) is 13.2. The molecule has 9 heteroatoms. The van der Waals surface area contributed by atoms with Crippen molar-refractivity contribution < 1.29 is 18.1 Å². The summed E-state index contributed by atoms with van der Waals surface area (Å²) in [7, 11) is -3.00. The van der Waals surface area contributed by atoms with Crippen LogP contribution < -0.4 is 9.88 Å². The second-order valence-corrected chi connectivity index (χ2v) is 4.46. The number of ether oxygens (including phenoxy) is 1. The number of hydrogen-bond acceptors (Lipinski definition) is 6. The molecule has 0 aliphatic heterocycles. The van der Waals surface area contributed by atoms with E-state index in [-0.39, 0.29) is 11.3 Å². The van der Waals surface area contributed by atoms with Crippen molar-refractivity contribution in [3.63, 3.8) is 0 Å². The highest BCUT2D eigenvalue weighted by Crippen LogP contribution is 2.30. The molecule has 0 unspecified atom stereocenters. The molecule has 0 spiro atoms. The predicted octanol–water partition coefficient (Wildman–Crippen LogP) is 0.122. The van der Waals surface area contributed by atoms with Gasteiger partial charge < -0.3 is 4.74 Å². The summed E-state index contributed by atoms with van der Waals surface area (Å²) in [5, 5.41) is 24.2. The minimum absolute atomic E-state index is 0.213. The number of benzene rings is 1. The van der Waals surface area contributed by atoms with Crippen molar-refractivity contribution in [1.82, 2.24) is 0 Å². The highest BCUT2D eigenvalue weighted by Gasteiger charge is 2.24. The van der Waals surface area contributed by atoms with Crippen LogP contribution >= 0.6 is 0 Å². The van der Waals surface area contributed by atoms with Gasteiger partial charge in [0.1, 0.15) is 22.3 Å². The van der Waals surface area contributed by atoms with E-state index in [0.717, 1.165) is 13.2 Å². The van der Waals surface area contributed by atoms with Gasteiger partial charge in [0.15, 0.2) is 0 Å². The molecule has 0 aromatic heterocycles. The third kappa shape index (κ3) is 2.49. The third-order valence-corrected chi connectivity index (χ3v) is 2.84. The van der Waals surface area contributed by atoms with Crippen molar-refractivity contribution in [2.24, 2.45) is 5.14 Å². The largest absolute Gasteiger partial charge is 0.495 e.